The zero-order valence-corrected chi connectivity index (χ0v) is 8.67. The van der Waals surface area contributed by atoms with Crippen molar-refractivity contribution in [1.29, 1.82) is 0 Å². The van der Waals surface area contributed by atoms with E-state index >= 15 is 0 Å². The molecule has 0 spiro atoms. The molecule has 0 atom stereocenters. The quantitative estimate of drug-likeness (QED) is 0.533. The second kappa shape index (κ2) is 3.92. The third-order valence-corrected chi connectivity index (χ3v) is 1.40. The number of carbonyl (C=O) groups is 1. The van der Waals surface area contributed by atoms with E-state index < -0.39 is 23.5 Å². The Bertz CT molecular complexity index is 365. The first-order valence-corrected chi connectivity index (χ1v) is 4.34. The van der Waals surface area contributed by atoms with Crippen LogP contribution in [0.25, 0.3) is 0 Å². The fraction of sp³-hybridized carbons (Fsp3) is 0.400. The summed E-state index contributed by atoms with van der Waals surface area (Å²) in [7, 11) is 0. The fourth-order valence-corrected chi connectivity index (χ4v) is 0.920. The van der Waals surface area contributed by atoms with Crippen LogP contribution < -0.4 is 0 Å². The lowest BCUT2D eigenvalue weighted by Crippen LogP contribution is -2.24. The summed E-state index contributed by atoms with van der Waals surface area (Å²) in [6, 6.07) is 1.66. The van der Waals surface area contributed by atoms with Crippen molar-refractivity contribution in [2.24, 2.45) is 0 Å². The van der Waals surface area contributed by atoms with E-state index in [1.54, 1.807) is 20.8 Å². The molecule has 0 radical (unpaired) electrons. The van der Waals surface area contributed by atoms with Gasteiger partial charge in [-0.2, -0.15) is 13.8 Å². The predicted molar refractivity (Wildman–Crippen MR) is 49.3 cm³/mol. The molecule has 5 heteroatoms. The lowest BCUT2D eigenvalue weighted by molar-refractivity contribution is 0.00681. The van der Waals surface area contributed by atoms with Gasteiger partial charge >= 0.3 is 5.97 Å². The van der Waals surface area contributed by atoms with Gasteiger partial charge in [-0.1, -0.05) is 0 Å². The molecule has 0 fully saturated rings. The first kappa shape index (κ1) is 11.6. The zero-order chi connectivity index (χ0) is 11.6. The van der Waals surface area contributed by atoms with Crippen LogP contribution in [0.3, 0.4) is 0 Å². The molecular weight excluding hydrogens is 204 g/mol. The van der Waals surface area contributed by atoms with Crippen LogP contribution >= 0.6 is 0 Å². The molecule has 0 aliphatic carbocycles. The highest BCUT2D eigenvalue weighted by atomic mass is 19.1. The number of nitrogens with zero attached hydrogens (tertiary/aromatic N) is 1. The molecule has 1 heterocycles. The monoisotopic (exact) mass is 215 g/mol. The van der Waals surface area contributed by atoms with Crippen LogP contribution in [0, 0.1) is 11.9 Å². The molecule has 0 aliphatic rings. The summed E-state index contributed by atoms with van der Waals surface area (Å²) < 4.78 is 30.3. The van der Waals surface area contributed by atoms with Gasteiger partial charge in [-0.15, -0.1) is 0 Å². The van der Waals surface area contributed by atoms with Crippen molar-refractivity contribution in [2.45, 2.75) is 26.4 Å². The minimum absolute atomic E-state index is 0.185. The Morgan fingerprint density at radius 3 is 2.13 bits per heavy atom. The van der Waals surface area contributed by atoms with E-state index in [-0.39, 0.29) is 5.56 Å². The number of esters is 1. The maximum atomic E-state index is 12.7. The molecule has 0 N–H and O–H groups in total. The number of hydrogen-bond acceptors (Lipinski definition) is 3. The molecular formula is C10H11F2NO2. The Balaban J connectivity index is 2.92. The molecule has 0 saturated heterocycles. The van der Waals surface area contributed by atoms with E-state index in [4.69, 9.17) is 4.74 Å². The largest absolute Gasteiger partial charge is 0.456 e. The average Bonchev–Trinajstić information content (AvgIpc) is 1.98. The molecule has 1 aromatic heterocycles. The smallest absolute Gasteiger partial charge is 0.338 e. The summed E-state index contributed by atoms with van der Waals surface area (Å²) in [5.41, 5.74) is -0.886. The number of pyridine rings is 1. The van der Waals surface area contributed by atoms with Crippen molar-refractivity contribution in [3.63, 3.8) is 0 Å². The van der Waals surface area contributed by atoms with E-state index in [1.165, 1.54) is 0 Å². The van der Waals surface area contributed by atoms with Crippen molar-refractivity contribution in [1.82, 2.24) is 4.98 Å². The molecule has 1 aromatic rings. The minimum Gasteiger partial charge on any atom is -0.456 e. The Labute approximate surface area is 86.1 Å². The normalized spacial score (nSPS) is 11.3. The first-order chi connectivity index (χ1) is 6.78. The summed E-state index contributed by atoms with van der Waals surface area (Å²) in [4.78, 5) is 14.3. The van der Waals surface area contributed by atoms with Crippen LogP contribution in [0.5, 0.6) is 0 Å². The summed E-state index contributed by atoms with van der Waals surface area (Å²) in [5.74, 6) is -2.87. The van der Waals surface area contributed by atoms with Gasteiger partial charge in [0, 0.05) is 12.1 Å². The summed E-state index contributed by atoms with van der Waals surface area (Å²) in [6.07, 6.45) is 0. The molecule has 0 bridgehead atoms. The maximum absolute atomic E-state index is 12.7. The van der Waals surface area contributed by atoms with Crippen LogP contribution in [0.15, 0.2) is 12.1 Å². The maximum Gasteiger partial charge on any atom is 0.338 e. The van der Waals surface area contributed by atoms with Crippen molar-refractivity contribution in [3.8, 4) is 0 Å². The van der Waals surface area contributed by atoms with Gasteiger partial charge in [-0.25, -0.2) is 4.79 Å². The highest BCUT2D eigenvalue weighted by Gasteiger charge is 2.19. The third kappa shape index (κ3) is 3.61. The Morgan fingerprint density at radius 1 is 1.27 bits per heavy atom. The minimum atomic E-state index is -1.05. The highest BCUT2D eigenvalue weighted by molar-refractivity contribution is 5.89. The standard InChI is InChI=1S/C10H11F2NO2/c1-10(2,3)15-9(14)6-4-7(11)13-8(12)5-6/h4-5H,1-3H3. The first-order valence-electron chi connectivity index (χ1n) is 4.34. The van der Waals surface area contributed by atoms with Crippen LogP contribution in [-0.4, -0.2) is 16.6 Å². The number of rotatable bonds is 1. The van der Waals surface area contributed by atoms with Crippen LogP contribution in [0.2, 0.25) is 0 Å². The van der Waals surface area contributed by atoms with E-state index in [0.29, 0.717) is 0 Å². The van der Waals surface area contributed by atoms with Gasteiger partial charge in [0.05, 0.1) is 5.56 Å². The van der Waals surface area contributed by atoms with Crippen molar-refractivity contribution >= 4 is 5.97 Å². The Kier molecular flexibility index (Phi) is 3.02. The molecule has 15 heavy (non-hydrogen) atoms. The number of aromatic nitrogens is 1. The predicted octanol–water partition coefficient (Wildman–Crippen LogP) is 2.32. The second-order valence-electron chi connectivity index (χ2n) is 4.00. The topological polar surface area (TPSA) is 39.2 Å². The molecule has 3 nitrogen and oxygen atoms in total. The molecule has 0 amide bonds. The van der Waals surface area contributed by atoms with Gasteiger partial charge in [0.1, 0.15) is 5.60 Å². The number of hydrogen-bond donors (Lipinski definition) is 0. The molecule has 82 valence electrons. The third-order valence-electron chi connectivity index (χ3n) is 1.40. The van der Waals surface area contributed by atoms with Crippen molar-refractivity contribution in [2.75, 3.05) is 0 Å². The number of ether oxygens (including phenoxy) is 1. The van der Waals surface area contributed by atoms with Gasteiger partial charge in [-0.05, 0) is 20.8 Å². The van der Waals surface area contributed by atoms with E-state index in [0.717, 1.165) is 12.1 Å². The SMILES string of the molecule is CC(C)(C)OC(=O)c1cc(F)nc(F)c1. The van der Waals surface area contributed by atoms with Gasteiger partial charge in [0.2, 0.25) is 11.9 Å². The fourth-order valence-electron chi connectivity index (χ4n) is 0.920. The Morgan fingerprint density at radius 2 is 1.73 bits per heavy atom. The summed E-state index contributed by atoms with van der Waals surface area (Å²) >= 11 is 0. The van der Waals surface area contributed by atoms with E-state index in [1.807, 2.05) is 0 Å². The second-order valence-corrected chi connectivity index (χ2v) is 4.00. The van der Waals surface area contributed by atoms with E-state index in [2.05, 4.69) is 4.98 Å². The zero-order valence-electron chi connectivity index (χ0n) is 8.67. The van der Waals surface area contributed by atoms with Crippen LogP contribution in [-0.2, 0) is 4.74 Å². The van der Waals surface area contributed by atoms with Crippen LogP contribution in [0.4, 0.5) is 8.78 Å². The molecule has 1 rings (SSSR count). The van der Waals surface area contributed by atoms with Gasteiger partial charge in [0.15, 0.2) is 0 Å². The highest BCUT2D eigenvalue weighted by Crippen LogP contribution is 2.12. The summed E-state index contributed by atoms with van der Waals surface area (Å²) in [6.45, 7) is 5.00. The average molecular weight is 215 g/mol. The lowest BCUT2D eigenvalue weighted by atomic mass is 10.2. The van der Waals surface area contributed by atoms with Gasteiger partial charge in [0.25, 0.3) is 0 Å². The van der Waals surface area contributed by atoms with Crippen molar-refractivity contribution < 1.29 is 18.3 Å². The molecule has 0 unspecified atom stereocenters. The Hall–Kier alpha value is -1.52. The number of halogens is 2. The van der Waals surface area contributed by atoms with Gasteiger partial charge < -0.3 is 4.74 Å². The molecule has 0 saturated carbocycles. The van der Waals surface area contributed by atoms with Crippen molar-refractivity contribution in [3.05, 3.63) is 29.6 Å². The number of carbonyl (C=O) groups excluding carboxylic acids is 1. The summed E-state index contributed by atoms with van der Waals surface area (Å²) in [5, 5.41) is 0. The lowest BCUT2D eigenvalue weighted by Gasteiger charge is -2.19. The van der Waals surface area contributed by atoms with E-state index in [9.17, 15) is 13.6 Å². The molecule has 0 aliphatic heterocycles. The van der Waals surface area contributed by atoms with Gasteiger partial charge in [-0.3, -0.25) is 0 Å². The van der Waals surface area contributed by atoms with Crippen LogP contribution in [0.1, 0.15) is 31.1 Å². The molecule has 0 aromatic carbocycles.